The fourth-order valence-electron chi connectivity index (χ4n) is 5.00. The molecule has 234 valence electrons. The first-order chi connectivity index (χ1) is 20.1. The van der Waals surface area contributed by atoms with Crippen LogP contribution >= 0.6 is 34.8 Å². The Bertz CT molecular complexity index is 1280. The van der Waals surface area contributed by atoms with Crippen molar-refractivity contribution < 1.29 is 23.1 Å². The summed E-state index contributed by atoms with van der Waals surface area (Å²) < 4.78 is 33.1. The summed E-state index contributed by atoms with van der Waals surface area (Å²) in [5.41, 5.74) is 0.480. The normalized spacial score (nSPS) is 15.6. The van der Waals surface area contributed by atoms with Gasteiger partial charge in [0.05, 0.1) is 32.2 Å². The van der Waals surface area contributed by atoms with Crippen LogP contribution in [0.25, 0.3) is 0 Å². The number of halogens is 3. The van der Waals surface area contributed by atoms with Gasteiger partial charge >= 0.3 is 0 Å². The molecular formula is C30H42Cl3N3O5S. The highest BCUT2D eigenvalue weighted by molar-refractivity contribution is 7.89. The first-order valence-corrected chi connectivity index (χ1v) is 17.5. The van der Waals surface area contributed by atoms with Crippen molar-refractivity contribution in [1.82, 2.24) is 4.31 Å². The van der Waals surface area contributed by atoms with E-state index < -0.39 is 22.0 Å². The Morgan fingerprint density at radius 3 is 2.26 bits per heavy atom. The molecule has 0 saturated carbocycles. The van der Waals surface area contributed by atoms with Gasteiger partial charge < -0.3 is 20.5 Å². The van der Waals surface area contributed by atoms with E-state index in [-0.39, 0.29) is 28.9 Å². The van der Waals surface area contributed by atoms with Crippen molar-refractivity contribution in [1.29, 1.82) is 0 Å². The lowest BCUT2D eigenvalue weighted by atomic mass is 10.1. The monoisotopic (exact) mass is 661 g/mol. The zero-order chi connectivity index (χ0) is 30.5. The summed E-state index contributed by atoms with van der Waals surface area (Å²) in [6.07, 6.45) is 12.2. The predicted octanol–water partition coefficient (Wildman–Crippen LogP) is 8.45. The van der Waals surface area contributed by atoms with Crippen LogP contribution in [-0.4, -0.2) is 48.8 Å². The number of phenolic OH excluding ortho intramolecular Hbond substituents is 1. The second-order valence-electron chi connectivity index (χ2n) is 10.6. The van der Waals surface area contributed by atoms with E-state index in [9.17, 15) is 18.3 Å². The number of nitrogens with zero attached hydrogens (tertiary/aromatic N) is 1. The number of sulfonamides is 1. The van der Waals surface area contributed by atoms with Gasteiger partial charge in [-0.15, -0.1) is 0 Å². The van der Waals surface area contributed by atoms with Crippen LogP contribution < -0.4 is 15.4 Å². The number of phenols is 1. The van der Waals surface area contributed by atoms with Gasteiger partial charge in [0.1, 0.15) is 17.5 Å². The van der Waals surface area contributed by atoms with Gasteiger partial charge in [-0.25, -0.2) is 8.42 Å². The summed E-state index contributed by atoms with van der Waals surface area (Å²) >= 11 is 18.3. The number of carbonyl (C=O) groups is 1. The molecule has 1 heterocycles. The first kappa shape index (κ1) is 34.6. The van der Waals surface area contributed by atoms with Crippen molar-refractivity contribution in [3.63, 3.8) is 0 Å². The Kier molecular flexibility index (Phi) is 14.3. The third-order valence-corrected chi connectivity index (χ3v) is 10.4. The van der Waals surface area contributed by atoms with Crippen molar-refractivity contribution in [2.75, 3.05) is 29.7 Å². The minimum Gasteiger partial charge on any atom is -0.506 e. The zero-order valence-corrected chi connectivity index (χ0v) is 27.2. The molecule has 0 radical (unpaired) electrons. The molecule has 42 heavy (non-hydrogen) atoms. The maximum absolute atomic E-state index is 13.1. The Balaban J connectivity index is 1.47. The molecule has 8 nitrogen and oxygen atoms in total. The Morgan fingerprint density at radius 1 is 0.929 bits per heavy atom. The highest BCUT2D eigenvalue weighted by Crippen LogP contribution is 2.35. The molecule has 1 fully saturated rings. The first-order valence-electron chi connectivity index (χ1n) is 14.8. The summed E-state index contributed by atoms with van der Waals surface area (Å²) in [6, 6.07) is 6.80. The number of rotatable bonds is 18. The Labute approximate surface area is 265 Å². The van der Waals surface area contributed by atoms with Gasteiger partial charge in [-0.1, -0.05) is 99.5 Å². The second-order valence-corrected chi connectivity index (χ2v) is 13.9. The number of aromatic hydroxyl groups is 1. The van der Waals surface area contributed by atoms with Crippen LogP contribution in [0.15, 0.2) is 30.3 Å². The van der Waals surface area contributed by atoms with Crippen LogP contribution in [-0.2, 0) is 14.8 Å². The molecule has 1 saturated heterocycles. The summed E-state index contributed by atoms with van der Waals surface area (Å²) in [6.45, 7) is 2.53. The molecule has 2 aromatic carbocycles. The van der Waals surface area contributed by atoms with Crippen molar-refractivity contribution in [3.8, 4) is 11.5 Å². The molecule has 1 amide bonds. The van der Waals surface area contributed by atoms with Crippen LogP contribution in [0.5, 0.6) is 11.5 Å². The smallest absolute Gasteiger partial charge is 0.242 e. The second kappa shape index (κ2) is 17.4. The fourth-order valence-corrected chi connectivity index (χ4v) is 7.30. The number of benzene rings is 2. The van der Waals surface area contributed by atoms with E-state index in [1.54, 1.807) is 18.2 Å². The molecule has 1 unspecified atom stereocenters. The van der Waals surface area contributed by atoms with Gasteiger partial charge in [-0.2, -0.15) is 4.31 Å². The molecule has 0 aliphatic carbocycles. The number of anilines is 2. The van der Waals surface area contributed by atoms with Crippen molar-refractivity contribution in [2.24, 2.45) is 0 Å². The lowest BCUT2D eigenvalue weighted by molar-refractivity contribution is -0.119. The minimum atomic E-state index is -3.57. The average Bonchev–Trinajstić information content (AvgIpc) is 3.46. The number of ether oxygens (including phenoxy) is 1. The summed E-state index contributed by atoms with van der Waals surface area (Å²) in [4.78, 5) is 13.1. The largest absolute Gasteiger partial charge is 0.506 e. The van der Waals surface area contributed by atoms with E-state index in [1.165, 1.54) is 55.0 Å². The lowest BCUT2D eigenvalue weighted by Gasteiger charge is -2.24. The molecule has 0 spiro atoms. The van der Waals surface area contributed by atoms with Crippen LogP contribution in [0.4, 0.5) is 11.4 Å². The van der Waals surface area contributed by atoms with E-state index in [0.717, 1.165) is 19.3 Å². The summed E-state index contributed by atoms with van der Waals surface area (Å²) in [5, 5.41) is 17.1. The quantitative estimate of drug-likeness (QED) is 0.0840. The van der Waals surface area contributed by atoms with Gasteiger partial charge in [0.15, 0.2) is 6.73 Å². The van der Waals surface area contributed by atoms with Crippen LogP contribution in [0, 0.1) is 0 Å². The molecule has 3 rings (SSSR count). The Morgan fingerprint density at radius 2 is 1.60 bits per heavy atom. The van der Waals surface area contributed by atoms with Gasteiger partial charge in [0, 0.05) is 18.7 Å². The van der Waals surface area contributed by atoms with Gasteiger partial charge in [-0.05, 0) is 37.5 Å². The van der Waals surface area contributed by atoms with Crippen molar-refractivity contribution >= 4 is 62.1 Å². The topological polar surface area (TPSA) is 108 Å². The highest BCUT2D eigenvalue weighted by atomic mass is 35.5. The third-order valence-electron chi connectivity index (χ3n) is 7.36. The SMILES string of the molecule is CCCCCCCCCCCCS(=O)(=O)N1CCCC1C(=O)Nc1cc(O)c(NCOc2ccc(Cl)c(Cl)c2)cc1Cl. The number of unbranched alkanes of at least 4 members (excludes halogenated alkanes) is 9. The standard InChI is InChI=1S/C30H42Cl3N3O5S/c1-2-3-4-5-6-7-8-9-10-11-17-42(39,40)36-16-12-13-28(36)30(38)35-26-20-29(37)27(19-25(26)33)34-21-41-22-14-15-23(31)24(32)18-22/h14-15,18-20,28,34,37H,2-13,16-17,21H2,1H3,(H,35,38). The molecule has 12 heteroatoms. The molecule has 0 aromatic heterocycles. The summed E-state index contributed by atoms with van der Waals surface area (Å²) in [7, 11) is -3.57. The van der Waals surface area contributed by atoms with E-state index >= 15 is 0 Å². The molecule has 1 atom stereocenters. The van der Waals surface area contributed by atoms with Gasteiger partial charge in [0.25, 0.3) is 0 Å². The lowest BCUT2D eigenvalue weighted by Crippen LogP contribution is -2.44. The average molecular weight is 663 g/mol. The number of amides is 1. The summed E-state index contributed by atoms with van der Waals surface area (Å²) in [5.74, 6) is -0.108. The number of hydrogen-bond donors (Lipinski definition) is 3. The molecule has 3 N–H and O–H groups in total. The molecular weight excluding hydrogens is 621 g/mol. The van der Waals surface area contributed by atoms with Crippen molar-refractivity contribution in [2.45, 2.75) is 90.0 Å². The predicted molar refractivity (Wildman–Crippen MR) is 173 cm³/mol. The van der Waals surface area contributed by atoms with Crippen molar-refractivity contribution in [3.05, 3.63) is 45.4 Å². The maximum Gasteiger partial charge on any atom is 0.242 e. The van der Waals surface area contributed by atoms with Crippen LogP contribution in [0.3, 0.4) is 0 Å². The molecule has 0 bridgehead atoms. The number of carbonyl (C=O) groups excluding carboxylic acids is 1. The minimum absolute atomic E-state index is 0.00148. The van der Waals surface area contributed by atoms with E-state index in [0.29, 0.717) is 47.3 Å². The van der Waals surface area contributed by atoms with E-state index in [2.05, 4.69) is 17.6 Å². The maximum atomic E-state index is 13.1. The number of hydrogen-bond acceptors (Lipinski definition) is 6. The zero-order valence-electron chi connectivity index (χ0n) is 24.1. The Hall–Kier alpha value is -1.91. The van der Waals surface area contributed by atoms with Crippen LogP contribution in [0.2, 0.25) is 15.1 Å². The van der Waals surface area contributed by atoms with E-state index in [1.807, 2.05) is 0 Å². The van der Waals surface area contributed by atoms with Gasteiger partial charge in [-0.3, -0.25) is 4.79 Å². The van der Waals surface area contributed by atoms with Gasteiger partial charge in [0.2, 0.25) is 15.9 Å². The third kappa shape index (κ3) is 10.7. The highest BCUT2D eigenvalue weighted by Gasteiger charge is 2.38. The van der Waals surface area contributed by atoms with Crippen LogP contribution in [0.1, 0.15) is 84.0 Å². The molecule has 2 aromatic rings. The van der Waals surface area contributed by atoms with E-state index in [4.69, 9.17) is 39.5 Å². The molecule has 1 aliphatic heterocycles. The molecule has 1 aliphatic rings. The fraction of sp³-hybridized carbons (Fsp3) is 0.567. The number of nitrogens with one attached hydrogen (secondary N) is 2.